The van der Waals surface area contributed by atoms with E-state index >= 15 is 0 Å². The van der Waals surface area contributed by atoms with E-state index in [0.717, 1.165) is 24.8 Å². The first-order valence-corrected chi connectivity index (χ1v) is 13.2. The fourth-order valence-electron chi connectivity index (χ4n) is 5.74. The van der Waals surface area contributed by atoms with Crippen LogP contribution in [0, 0.1) is 5.92 Å². The zero-order valence-corrected chi connectivity index (χ0v) is 21.8. The minimum atomic E-state index is -4.81. The molecule has 1 unspecified atom stereocenters. The number of hydrogen-bond acceptors (Lipinski definition) is 6. The summed E-state index contributed by atoms with van der Waals surface area (Å²) in [7, 11) is 0. The predicted octanol–water partition coefficient (Wildman–Crippen LogP) is 6.76. The first kappa shape index (κ1) is 26.8. The summed E-state index contributed by atoms with van der Waals surface area (Å²) in [6, 6.07) is 13.5. The highest BCUT2D eigenvalue weighted by atomic mass is 19.4. The molecule has 9 heteroatoms. The fourth-order valence-corrected chi connectivity index (χ4v) is 5.74. The Morgan fingerprint density at radius 3 is 2.45 bits per heavy atom. The smallest absolute Gasteiger partial charge is 0.490 e. The van der Waals surface area contributed by atoms with Crippen molar-refractivity contribution in [2.75, 3.05) is 0 Å². The maximum absolute atomic E-state index is 13.4. The molecule has 0 bridgehead atoms. The summed E-state index contributed by atoms with van der Waals surface area (Å²) in [5.41, 5.74) is 3.22. The average molecular weight is 534 g/mol. The summed E-state index contributed by atoms with van der Waals surface area (Å²) in [6.45, 7) is 5.55. The molecule has 3 fully saturated rings. The van der Waals surface area contributed by atoms with Crippen molar-refractivity contribution >= 4 is 5.97 Å². The van der Waals surface area contributed by atoms with Gasteiger partial charge in [0.15, 0.2) is 0 Å². The highest BCUT2D eigenvalue weighted by Crippen LogP contribution is 2.54. The van der Waals surface area contributed by atoms with Crippen LogP contribution in [0.25, 0.3) is 0 Å². The van der Waals surface area contributed by atoms with Gasteiger partial charge in [0.25, 0.3) is 0 Å². The molecule has 2 aliphatic carbocycles. The van der Waals surface area contributed by atoms with Crippen molar-refractivity contribution in [2.45, 2.75) is 94.9 Å². The quantitative estimate of drug-likeness (QED) is 0.414. The van der Waals surface area contributed by atoms with E-state index in [9.17, 15) is 18.0 Å². The second-order valence-electron chi connectivity index (χ2n) is 11.5. The molecule has 0 radical (unpaired) electrons. The number of carbonyl (C=O) groups excluding carboxylic acids is 1. The standard InChI is InChI=1S/C29H34F3NO5/c1-27(2,3)37-26(34)21-10-7-15-28(25(21)18-8-5-4-6-9-18)17-23(33-38-28)22-16-20(36-29(30,31)32)13-14-24(22)35-19-11-12-19/h4-6,8-9,13-14,16,19,21,23,25,33H,7,10-12,15,17H2,1-3H3/t21?,23-,25+,28+/m0/s1. The lowest BCUT2D eigenvalue weighted by Gasteiger charge is -2.44. The summed E-state index contributed by atoms with van der Waals surface area (Å²) in [5, 5.41) is 0. The topological polar surface area (TPSA) is 66.0 Å². The van der Waals surface area contributed by atoms with Gasteiger partial charge in [-0.3, -0.25) is 9.63 Å². The Morgan fingerprint density at radius 1 is 1.05 bits per heavy atom. The number of benzene rings is 2. The average Bonchev–Trinajstić information content (AvgIpc) is 3.56. The molecule has 2 aromatic carbocycles. The molecular weight excluding hydrogens is 499 g/mol. The van der Waals surface area contributed by atoms with Crippen molar-refractivity contribution in [1.82, 2.24) is 5.48 Å². The van der Waals surface area contributed by atoms with Gasteiger partial charge in [0.05, 0.1) is 23.7 Å². The normalized spacial score (nSPS) is 27.8. The minimum absolute atomic E-state index is 0.0581. The number of nitrogens with one attached hydrogen (secondary N) is 1. The third-order valence-corrected chi connectivity index (χ3v) is 7.31. The van der Waals surface area contributed by atoms with Gasteiger partial charge in [0.2, 0.25) is 0 Å². The van der Waals surface area contributed by atoms with Gasteiger partial charge >= 0.3 is 12.3 Å². The Labute approximate surface area is 220 Å². The zero-order valence-electron chi connectivity index (χ0n) is 21.8. The van der Waals surface area contributed by atoms with Gasteiger partial charge in [-0.25, -0.2) is 0 Å². The molecule has 2 saturated carbocycles. The van der Waals surface area contributed by atoms with Gasteiger partial charge in [-0.15, -0.1) is 13.2 Å². The van der Waals surface area contributed by atoms with Crippen molar-refractivity contribution < 1.29 is 37.0 Å². The van der Waals surface area contributed by atoms with Gasteiger partial charge in [0.1, 0.15) is 17.1 Å². The van der Waals surface area contributed by atoms with Crippen molar-refractivity contribution in [3.63, 3.8) is 0 Å². The lowest BCUT2D eigenvalue weighted by atomic mass is 9.64. The van der Waals surface area contributed by atoms with Crippen LogP contribution < -0.4 is 15.0 Å². The minimum Gasteiger partial charge on any atom is -0.490 e. The summed E-state index contributed by atoms with van der Waals surface area (Å²) >= 11 is 0. The Balaban J connectivity index is 1.48. The lowest BCUT2D eigenvalue weighted by molar-refractivity contribution is -0.274. The molecule has 0 aromatic heterocycles. The molecule has 206 valence electrons. The van der Waals surface area contributed by atoms with Gasteiger partial charge in [-0.05, 0) is 76.6 Å². The van der Waals surface area contributed by atoms with E-state index in [1.807, 2.05) is 51.1 Å². The van der Waals surface area contributed by atoms with E-state index in [-0.39, 0.29) is 23.7 Å². The highest BCUT2D eigenvalue weighted by Gasteiger charge is 2.55. The van der Waals surface area contributed by atoms with Crippen molar-refractivity contribution in [3.8, 4) is 11.5 Å². The summed E-state index contributed by atoms with van der Waals surface area (Å²) in [5.74, 6) is -0.791. The van der Waals surface area contributed by atoms with Crippen LogP contribution in [0.15, 0.2) is 48.5 Å². The van der Waals surface area contributed by atoms with E-state index in [4.69, 9.17) is 14.3 Å². The van der Waals surface area contributed by atoms with E-state index in [1.54, 1.807) is 0 Å². The lowest BCUT2D eigenvalue weighted by Crippen LogP contribution is -2.47. The van der Waals surface area contributed by atoms with Gasteiger partial charge in [-0.1, -0.05) is 30.3 Å². The molecule has 3 aliphatic rings. The summed E-state index contributed by atoms with van der Waals surface area (Å²) in [4.78, 5) is 19.8. The Kier molecular flexibility index (Phi) is 7.11. The maximum atomic E-state index is 13.4. The number of carbonyl (C=O) groups is 1. The Bertz CT molecular complexity index is 1150. The first-order valence-electron chi connectivity index (χ1n) is 13.2. The number of hydrogen-bond donors (Lipinski definition) is 1. The fraction of sp³-hybridized carbons (Fsp3) is 0.552. The number of ether oxygens (including phenoxy) is 3. The number of esters is 1. The molecule has 2 aromatic rings. The van der Waals surface area contributed by atoms with Crippen LogP contribution in [0.5, 0.6) is 11.5 Å². The number of rotatable bonds is 6. The van der Waals surface area contributed by atoms with Gasteiger partial charge < -0.3 is 14.2 Å². The van der Waals surface area contributed by atoms with Crippen LogP contribution in [-0.4, -0.2) is 29.6 Å². The van der Waals surface area contributed by atoms with E-state index < -0.39 is 29.5 Å². The van der Waals surface area contributed by atoms with Crippen LogP contribution in [0.2, 0.25) is 0 Å². The molecular formula is C29H34F3NO5. The van der Waals surface area contributed by atoms with E-state index in [1.165, 1.54) is 18.2 Å². The second kappa shape index (κ2) is 10.1. The Hall–Kier alpha value is -2.78. The van der Waals surface area contributed by atoms with Crippen molar-refractivity contribution in [3.05, 3.63) is 59.7 Å². The molecule has 1 aliphatic heterocycles. The third kappa shape index (κ3) is 6.10. The predicted molar refractivity (Wildman–Crippen MR) is 133 cm³/mol. The maximum Gasteiger partial charge on any atom is 0.573 e. The van der Waals surface area contributed by atoms with Crippen LogP contribution in [-0.2, 0) is 14.4 Å². The molecule has 4 atom stereocenters. The highest BCUT2D eigenvalue weighted by molar-refractivity contribution is 5.75. The number of hydroxylamine groups is 1. The zero-order chi connectivity index (χ0) is 27.1. The van der Waals surface area contributed by atoms with Crippen molar-refractivity contribution in [2.24, 2.45) is 5.92 Å². The van der Waals surface area contributed by atoms with Crippen LogP contribution in [0.3, 0.4) is 0 Å². The van der Waals surface area contributed by atoms with Gasteiger partial charge in [0, 0.05) is 17.9 Å². The summed E-state index contributed by atoms with van der Waals surface area (Å²) < 4.78 is 55.1. The molecule has 1 spiro atoms. The molecule has 1 saturated heterocycles. The van der Waals surface area contributed by atoms with Crippen LogP contribution in [0.1, 0.15) is 82.4 Å². The summed E-state index contributed by atoms with van der Waals surface area (Å²) in [6.07, 6.45) is -0.379. The molecule has 1 N–H and O–H groups in total. The van der Waals surface area contributed by atoms with Gasteiger partial charge in [-0.2, -0.15) is 5.48 Å². The molecule has 1 heterocycles. The molecule has 0 amide bonds. The van der Waals surface area contributed by atoms with E-state index in [2.05, 4.69) is 10.2 Å². The first-order chi connectivity index (χ1) is 17.9. The molecule has 38 heavy (non-hydrogen) atoms. The number of alkyl halides is 3. The SMILES string of the molecule is CC(C)(C)OC(=O)C1CCC[C@@]2(C[C@@H](c3cc(OC(F)(F)F)ccc3OC3CC3)NO2)[C@@H]1c1ccccc1. The third-order valence-electron chi connectivity index (χ3n) is 7.31. The number of halogens is 3. The van der Waals surface area contributed by atoms with Crippen LogP contribution in [0.4, 0.5) is 13.2 Å². The molecule has 5 rings (SSSR count). The van der Waals surface area contributed by atoms with Crippen LogP contribution >= 0.6 is 0 Å². The monoisotopic (exact) mass is 533 g/mol. The van der Waals surface area contributed by atoms with E-state index in [0.29, 0.717) is 30.6 Å². The second-order valence-corrected chi connectivity index (χ2v) is 11.5. The van der Waals surface area contributed by atoms with Crippen molar-refractivity contribution in [1.29, 1.82) is 0 Å². The largest absolute Gasteiger partial charge is 0.573 e. The molecule has 6 nitrogen and oxygen atoms in total. The Morgan fingerprint density at radius 2 is 1.79 bits per heavy atom.